The maximum atomic E-state index is 6.08. The summed E-state index contributed by atoms with van der Waals surface area (Å²) in [5.74, 6) is 0.876. The molecule has 0 radical (unpaired) electrons. The van der Waals surface area contributed by atoms with Gasteiger partial charge in [0.1, 0.15) is 18.0 Å². The summed E-state index contributed by atoms with van der Waals surface area (Å²) in [5.41, 5.74) is 1.04. The van der Waals surface area contributed by atoms with Crippen LogP contribution in [0, 0.1) is 6.92 Å². The summed E-state index contributed by atoms with van der Waals surface area (Å²) in [6.45, 7) is 8.12. The summed E-state index contributed by atoms with van der Waals surface area (Å²) in [7, 11) is 0. The lowest BCUT2D eigenvalue weighted by atomic mass is 9.85. The van der Waals surface area contributed by atoms with E-state index in [1.807, 2.05) is 25.1 Å². The smallest absolute Gasteiger partial charge is 0.128 e. The predicted molar refractivity (Wildman–Crippen MR) is 87.3 cm³/mol. The number of hydrogen-bond donors (Lipinski definition) is 1. The molecule has 1 fully saturated rings. The Morgan fingerprint density at radius 1 is 1.29 bits per heavy atom. The monoisotopic (exact) mass is 311 g/mol. The molecule has 21 heavy (non-hydrogen) atoms. The molecule has 1 N–H and O–H groups in total. The van der Waals surface area contributed by atoms with Gasteiger partial charge < -0.3 is 14.8 Å². The zero-order valence-electron chi connectivity index (χ0n) is 13.2. The number of benzene rings is 1. The molecule has 0 aliphatic heterocycles. The minimum Gasteiger partial charge on any atom is -0.488 e. The molecular weight excluding hydrogens is 286 g/mol. The number of aryl methyl sites for hydroxylation is 1. The molecule has 1 aliphatic carbocycles. The fourth-order valence-electron chi connectivity index (χ4n) is 2.57. The first-order valence-corrected chi connectivity index (χ1v) is 8.31. The van der Waals surface area contributed by atoms with Crippen molar-refractivity contribution in [2.24, 2.45) is 0 Å². The number of nitrogens with one attached hydrogen (secondary N) is 1. The second-order valence-corrected chi connectivity index (χ2v) is 6.11. The van der Waals surface area contributed by atoms with Gasteiger partial charge in [-0.15, -0.1) is 0 Å². The quantitative estimate of drug-likeness (QED) is 0.788. The average Bonchev–Trinajstić information content (AvgIpc) is 2.46. The highest BCUT2D eigenvalue weighted by Crippen LogP contribution is 2.31. The van der Waals surface area contributed by atoms with Crippen molar-refractivity contribution in [3.8, 4) is 5.75 Å². The maximum absolute atomic E-state index is 6.08. The van der Waals surface area contributed by atoms with E-state index in [1.54, 1.807) is 0 Å². The minimum absolute atomic E-state index is 0.131. The molecule has 3 unspecified atom stereocenters. The lowest BCUT2D eigenvalue weighted by Crippen LogP contribution is -2.61. The van der Waals surface area contributed by atoms with Crippen LogP contribution in [0.25, 0.3) is 0 Å². The molecular formula is C17H26ClNO2. The van der Waals surface area contributed by atoms with E-state index in [4.69, 9.17) is 21.1 Å². The predicted octanol–water partition coefficient (Wildman–Crippen LogP) is 3.96. The van der Waals surface area contributed by atoms with Crippen LogP contribution in [0.2, 0.25) is 5.02 Å². The molecule has 118 valence electrons. The van der Waals surface area contributed by atoms with Gasteiger partial charge in [0.2, 0.25) is 0 Å². The Kier molecular flexibility index (Phi) is 6.34. The van der Waals surface area contributed by atoms with E-state index in [0.29, 0.717) is 6.04 Å². The first kappa shape index (κ1) is 16.6. The van der Waals surface area contributed by atoms with Gasteiger partial charge in [0.05, 0.1) is 0 Å². The van der Waals surface area contributed by atoms with Crippen LogP contribution in [0.5, 0.6) is 5.75 Å². The summed E-state index contributed by atoms with van der Waals surface area (Å²) in [6, 6.07) is 6.22. The summed E-state index contributed by atoms with van der Waals surface area (Å²) in [4.78, 5) is 0. The van der Waals surface area contributed by atoms with E-state index in [0.717, 1.165) is 48.7 Å². The second-order valence-electron chi connectivity index (χ2n) is 5.70. The summed E-state index contributed by atoms with van der Waals surface area (Å²) < 4.78 is 12.0. The fraction of sp³-hybridized carbons (Fsp3) is 0.647. The number of hydrogen-bond acceptors (Lipinski definition) is 3. The van der Waals surface area contributed by atoms with Crippen molar-refractivity contribution in [2.45, 2.75) is 58.3 Å². The highest BCUT2D eigenvalue weighted by molar-refractivity contribution is 6.31. The first-order chi connectivity index (χ1) is 10.2. The van der Waals surface area contributed by atoms with Crippen LogP contribution < -0.4 is 10.1 Å². The van der Waals surface area contributed by atoms with Gasteiger partial charge >= 0.3 is 0 Å². The van der Waals surface area contributed by atoms with E-state index < -0.39 is 0 Å². The molecule has 0 spiro atoms. The summed E-state index contributed by atoms with van der Waals surface area (Å²) in [5, 5.41) is 4.31. The van der Waals surface area contributed by atoms with E-state index in [-0.39, 0.29) is 12.2 Å². The standard InChI is InChI=1S/C17H26ClNO2/c1-4-8-19-15-11-16(17(15)20-9-5-2)21-13-6-7-14(18)12(3)10-13/h6-7,10,15-17,19H,4-5,8-9,11H2,1-3H3. The number of rotatable bonds is 8. The lowest BCUT2D eigenvalue weighted by molar-refractivity contribution is -0.107. The topological polar surface area (TPSA) is 30.5 Å². The summed E-state index contributed by atoms with van der Waals surface area (Å²) >= 11 is 6.05. The highest BCUT2D eigenvalue weighted by atomic mass is 35.5. The van der Waals surface area contributed by atoms with Crippen molar-refractivity contribution in [3.05, 3.63) is 28.8 Å². The molecule has 0 bridgehead atoms. The molecule has 4 heteroatoms. The molecule has 1 aromatic rings. The largest absolute Gasteiger partial charge is 0.488 e. The molecule has 1 saturated carbocycles. The van der Waals surface area contributed by atoms with Gasteiger partial charge in [-0.2, -0.15) is 0 Å². The Morgan fingerprint density at radius 3 is 2.76 bits per heavy atom. The van der Waals surface area contributed by atoms with Gasteiger partial charge in [-0.3, -0.25) is 0 Å². The van der Waals surface area contributed by atoms with Gasteiger partial charge in [-0.05, 0) is 50.1 Å². The molecule has 0 amide bonds. The second kappa shape index (κ2) is 8.02. The van der Waals surface area contributed by atoms with Crippen LogP contribution in [-0.4, -0.2) is 31.4 Å². The van der Waals surface area contributed by atoms with Crippen LogP contribution in [0.4, 0.5) is 0 Å². The third kappa shape index (κ3) is 4.35. The van der Waals surface area contributed by atoms with Gasteiger partial charge in [0.15, 0.2) is 0 Å². The molecule has 1 aliphatic rings. The Bertz CT molecular complexity index is 452. The van der Waals surface area contributed by atoms with Crippen molar-refractivity contribution in [1.82, 2.24) is 5.32 Å². The Labute approximate surface area is 133 Å². The van der Waals surface area contributed by atoms with Crippen LogP contribution in [0.1, 0.15) is 38.7 Å². The summed E-state index contributed by atoms with van der Waals surface area (Å²) in [6.07, 6.45) is 3.44. The van der Waals surface area contributed by atoms with Crippen molar-refractivity contribution in [1.29, 1.82) is 0 Å². The zero-order valence-corrected chi connectivity index (χ0v) is 14.0. The Morgan fingerprint density at radius 2 is 2.10 bits per heavy atom. The third-order valence-corrected chi connectivity index (χ3v) is 4.26. The molecule has 0 saturated heterocycles. The van der Waals surface area contributed by atoms with Crippen LogP contribution >= 0.6 is 11.6 Å². The van der Waals surface area contributed by atoms with Gasteiger partial charge in [-0.1, -0.05) is 25.4 Å². The minimum atomic E-state index is 0.131. The zero-order chi connectivity index (χ0) is 15.2. The SMILES string of the molecule is CCCNC1CC(Oc2ccc(Cl)c(C)c2)C1OCCC. The van der Waals surface area contributed by atoms with E-state index in [9.17, 15) is 0 Å². The molecule has 3 atom stereocenters. The van der Waals surface area contributed by atoms with Gasteiger partial charge in [0, 0.05) is 24.1 Å². The van der Waals surface area contributed by atoms with E-state index in [1.165, 1.54) is 0 Å². The van der Waals surface area contributed by atoms with Crippen molar-refractivity contribution < 1.29 is 9.47 Å². The highest BCUT2D eigenvalue weighted by Gasteiger charge is 2.43. The third-order valence-electron chi connectivity index (χ3n) is 3.84. The number of halogens is 1. The maximum Gasteiger partial charge on any atom is 0.128 e. The van der Waals surface area contributed by atoms with Gasteiger partial charge in [-0.25, -0.2) is 0 Å². The lowest BCUT2D eigenvalue weighted by Gasteiger charge is -2.44. The van der Waals surface area contributed by atoms with E-state index in [2.05, 4.69) is 19.2 Å². The van der Waals surface area contributed by atoms with Gasteiger partial charge in [0.25, 0.3) is 0 Å². The van der Waals surface area contributed by atoms with Crippen molar-refractivity contribution >= 4 is 11.6 Å². The van der Waals surface area contributed by atoms with E-state index >= 15 is 0 Å². The Hall–Kier alpha value is -0.770. The normalized spacial score (nSPS) is 24.7. The van der Waals surface area contributed by atoms with Crippen LogP contribution in [0.3, 0.4) is 0 Å². The molecule has 3 nitrogen and oxygen atoms in total. The molecule has 1 aromatic carbocycles. The van der Waals surface area contributed by atoms with Crippen molar-refractivity contribution in [3.63, 3.8) is 0 Å². The Balaban J connectivity index is 1.93. The number of ether oxygens (including phenoxy) is 2. The molecule has 0 aromatic heterocycles. The van der Waals surface area contributed by atoms with Crippen LogP contribution in [-0.2, 0) is 4.74 Å². The molecule has 0 heterocycles. The molecule has 2 rings (SSSR count). The average molecular weight is 312 g/mol. The van der Waals surface area contributed by atoms with Crippen LogP contribution in [0.15, 0.2) is 18.2 Å². The van der Waals surface area contributed by atoms with Crippen molar-refractivity contribution in [2.75, 3.05) is 13.2 Å². The first-order valence-electron chi connectivity index (χ1n) is 7.93. The fourth-order valence-corrected chi connectivity index (χ4v) is 2.69.